The van der Waals surface area contributed by atoms with Crippen LogP contribution >= 0.6 is 0 Å². The van der Waals surface area contributed by atoms with Crippen LogP contribution in [-0.2, 0) is 11.3 Å². The number of benzene rings is 2. The molecule has 0 bridgehead atoms. The van der Waals surface area contributed by atoms with E-state index in [1.807, 2.05) is 6.07 Å². The van der Waals surface area contributed by atoms with Gasteiger partial charge in [0.05, 0.1) is 6.61 Å². The second-order valence-corrected chi connectivity index (χ2v) is 5.59. The molecule has 0 aromatic heterocycles. The number of ether oxygens (including phenoxy) is 1. The summed E-state index contributed by atoms with van der Waals surface area (Å²) in [6.07, 6.45) is 2.70. The van der Waals surface area contributed by atoms with Crippen molar-refractivity contribution in [2.24, 2.45) is 5.92 Å². The lowest BCUT2D eigenvalue weighted by molar-refractivity contribution is 0.126. The van der Waals surface area contributed by atoms with Crippen LogP contribution in [0, 0.1) is 5.92 Å². The van der Waals surface area contributed by atoms with Crippen LogP contribution in [0.4, 0.5) is 5.69 Å². The lowest BCUT2D eigenvalue weighted by atomic mass is 10.1. The highest BCUT2D eigenvalue weighted by atomic mass is 16.5. The monoisotopic (exact) mass is 270 g/mol. The van der Waals surface area contributed by atoms with Gasteiger partial charge in [0, 0.05) is 25.4 Å². The van der Waals surface area contributed by atoms with Crippen molar-refractivity contribution in [2.75, 3.05) is 25.5 Å². The minimum Gasteiger partial charge on any atom is -0.398 e. The van der Waals surface area contributed by atoms with Crippen LogP contribution < -0.4 is 11.1 Å². The molecule has 1 fully saturated rings. The lowest BCUT2D eigenvalue weighted by Gasteiger charge is -2.10. The molecule has 0 aliphatic heterocycles. The second kappa shape index (κ2) is 6.25. The van der Waals surface area contributed by atoms with Crippen LogP contribution in [0.5, 0.6) is 0 Å². The molecular weight excluding hydrogens is 248 g/mol. The minimum atomic E-state index is 0.782. The van der Waals surface area contributed by atoms with Gasteiger partial charge in [-0.1, -0.05) is 24.3 Å². The Morgan fingerprint density at radius 1 is 1.15 bits per heavy atom. The van der Waals surface area contributed by atoms with E-state index in [9.17, 15) is 0 Å². The van der Waals surface area contributed by atoms with Gasteiger partial charge in [0.15, 0.2) is 0 Å². The first-order chi connectivity index (χ1) is 9.83. The van der Waals surface area contributed by atoms with Gasteiger partial charge in [-0.25, -0.2) is 0 Å². The van der Waals surface area contributed by atoms with Crippen molar-refractivity contribution in [3.63, 3.8) is 0 Å². The van der Waals surface area contributed by atoms with Crippen LogP contribution in [-0.4, -0.2) is 19.8 Å². The van der Waals surface area contributed by atoms with Gasteiger partial charge < -0.3 is 15.8 Å². The standard InChI is InChI=1S/C17H22N2O/c18-17-10-15-4-2-1-3-14(15)9-16(17)11-19-7-8-20-12-13-5-6-13/h1-4,9-10,13,19H,5-8,11-12,18H2. The average Bonchev–Trinajstić information content (AvgIpc) is 3.27. The van der Waals surface area contributed by atoms with Gasteiger partial charge >= 0.3 is 0 Å². The summed E-state index contributed by atoms with van der Waals surface area (Å²) < 4.78 is 5.60. The highest BCUT2D eigenvalue weighted by molar-refractivity contribution is 5.86. The van der Waals surface area contributed by atoms with E-state index in [2.05, 4.69) is 35.6 Å². The predicted molar refractivity (Wildman–Crippen MR) is 83.6 cm³/mol. The molecule has 3 nitrogen and oxygen atoms in total. The van der Waals surface area contributed by atoms with Gasteiger partial charge in [-0.15, -0.1) is 0 Å². The topological polar surface area (TPSA) is 47.3 Å². The van der Waals surface area contributed by atoms with E-state index in [0.29, 0.717) is 0 Å². The Balaban J connectivity index is 1.49. The third-order valence-corrected chi connectivity index (χ3v) is 3.80. The van der Waals surface area contributed by atoms with Crippen LogP contribution in [0.3, 0.4) is 0 Å². The summed E-state index contributed by atoms with van der Waals surface area (Å²) in [6.45, 7) is 3.38. The molecule has 20 heavy (non-hydrogen) atoms. The number of fused-ring (bicyclic) bond motifs is 1. The van der Waals surface area contributed by atoms with Crippen LogP contribution in [0.2, 0.25) is 0 Å². The van der Waals surface area contributed by atoms with Gasteiger partial charge in [-0.05, 0) is 47.2 Å². The number of hydrogen-bond acceptors (Lipinski definition) is 3. The SMILES string of the molecule is Nc1cc2ccccc2cc1CNCCOCC1CC1. The Bertz CT molecular complexity index is 578. The van der Waals surface area contributed by atoms with Gasteiger partial charge in [0.2, 0.25) is 0 Å². The first-order valence-electron chi connectivity index (χ1n) is 7.38. The summed E-state index contributed by atoms with van der Waals surface area (Å²) in [5.74, 6) is 0.839. The zero-order chi connectivity index (χ0) is 13.8. The first kappa shape index (κ1) is 13.4. The van der Waals surface area contributed by atoms with Gasteiger partial charge in [-0.2, -0.15) is 0 Å². The van der Waals surface area contributed by atoms with Crippen LogP contribution in [0.15, 0.2) is 36.4 Å². The van der Waals surface area contributed by atoms with Crippen molar-refractivity contribution in [1.29, 1.82) is 0 Å². The molecule has 0 heterocycles. The zero-order valence-corrected chi connectivity index (χ0v) is 11.8. The number of nitrogens with one attached hydrogen (secondary N) is 1. The van der Waals surface area contributed by atoms with E-state index < -0.39 is 0 Å². The fourth-order valence-electron chi connectivity index (χ4n) is 2.36. The summed E-state index contributed by atoms with van der Waals surface area (Å²) in [5, 5.41) is 5.83. The number of anilines is 1. The Morgan fingerprint density at radius 2 is 1.90 bits per heavy atom. The lowest BCUT2D eigenvalue weighted by Crippen LogP contribution is -2.20. The summed E-state index contributed by atoms with van der Waals surface area (Å²) in [4.78, 5) is 0. The summed E-state index contributed by atoms with van der Waals surface area (Å²) in [5.41, 5.74) is 8.12. The highest BCUT2D eigenvalue weighted by Gasteiger charge is 2.20. The van der Waals surface area contributed by atoms with Crippen molar-refractivity contribution in [1.82, 2.24) is 5.32 Å². The molecule has 2 aromatic rings. The molecular formula is C17H22N2O. The molecule has 2 aromatic carbocycles. The van der Waals surface area contributed by atoms with Crippen molar-refractivity contribution >= 4 is 16.5 Å². The van der Waals surface area contributed by atoms with E-state index in [0.717, 1.165) is 43.5 Å². The molecule has 3 rings (SSSR count). The molecule has 3 N–H and O–H groups in total. The third-order valence-electron chi connectivity index (χ3n) is 3.80. The summed E-state index contributed by atoms with van der Waals surface area (Å²) >= 11 is 0. The maximum atomic E-state index is 6.10. The minimum absolute atomic E-state index is 0.782. The highest BCUT2D eigenvalue weighted by Crippen LogP contribution is 2.28. The predicted octanol–water partition coefficient (Wildman–Crippen LogP) is 2.94. The molecule has 0 radical (unpaired) electrons. The normalized spacial score (nSPS) is 14.8. The Kier molecular flexibility index (Phi) is 4.19. The summed E-state index contributed by atoms with van der Waals surface area (Å²) in [6, 6.07) is 12.5. The molecule has 0 amide bonds. The summed E-state index contributed by atoms with van der Waals surface area (Å²) in [7, 11) is 0. The Morgan fingerprint density at radius 3 is 2.65 bits per heavy atom. The quantitative estimate of drug-likeness (QED) is 0.600. The van der Waals surface area contributed by atoms with E-state index >= 15 is 0 Å². The second-order valence-electron chi connectivity index (χ2n) is 5.59. The smallest absolute Gasteiger partial charge is 0.0591 e. The van der Waals surface area contributed by atoms with E-state index in [4.69, 9.17) is 10.5 Å². The molecule has 106 valence electrons. The van der Waals surface area contributed by atoms with E-state index in [-0.39, 0.29) is 0 Å². The largest absolute Gasteiger partial charge is 0.398 e. The van der Waals surface area contributed by atoms with Gasteiger partial charge in [0.1, 0.15) is 0 Å². The molecule has 0 atom stereocenters. The van der Waals surface area contributed by atoms with Gasteiger partial charge in [-0.3, -0.25) is 0 Å². The Labute approximate surface area is 120 Å². The molecule has 0 saturated heterocycles. The van der Waals surface area contributed by atoms with Crippen LogP contribution in [0.25, 0.3) is 10.8 Å². The average molecular weight is 270 g/mol. The number of nitrogens with two attached hydrogens (primary N) is 1. The molecule has 1 aliphatic rings. The fraction of sp³-hybridized carbons (Fsp3) is 0.412. The van der Waals surface area contributed by atoms with Crippen molar-refractivity contribution < 1.29 is 4.74 Å². The number of nitrogen functional groups attached to an aromatic ring is 1. The molecule has 3 heteroatoms. The molecule has 0 spiro atoms. The first-order valence-corrected chi connectivity index (χ1v) is 7.38. The van der Waals surface area contributed by atoms with Crippen molar-refractivity contribution in [3.8, 4) is 0 Å². The van der Waals surface area contributed by atoms with Crippen molar-refractivity contribution in [3.05, 3.63) is 42.0 Å². The maximum Gasteiger partial charge on any atom is 0.0591 e. The fourth-order valence-corrected chi connectivity index (χ4v) is 2.36. The molecule has 0 unspecified atom stereocenters. The molecule has 1 aliphatic carbocycles. The van der Waals surface area contributed by atoms with E-state index in [1.165, 1.54) is 23.6 Å². The Hall–Kier alpha value is -1.58. The van der Waals surface area contributed by atoms with Gasteiger partial charge in [0.25, 0.3) is 0 Å². The van der Waals surface area contributed by atoms with E-state index in [1.54, 1.807) is 0 Å². The number of hydrogen-bond donors (Lipinski definition) is 2. The zero-order valence-electron chi connectivity index (χ0n) is 11.8. The number of rotatable bonds is 7. The molecule has 1 saturated carbocycles. The third kappa shape index (κ3) is 3.50. The van der Waals surface area contributed by atoms with Crippen LogP contribution in [0.1, 0.15) is 18.4 Å². The van der Waals surface area contributed by atoms with Crippen molar-refractivity contribution in [2.45, 2.75) is 19.4 Å². The maximum absolute atomic E-state index is 6.10.